The van der Waals surface area contributed by atoms with Gasteiger partial charge in [-0.05, 0) is 66.9 Å². The van der Waals surface area contributed by atoms with Gasteiger partial charge in [0.25, 0.3) is 10.0 Å². The van der Waals surface area contributed by atoms with E-state index in [9.17, 15) is 31.2 Å². The number of sulfonamides is 1. The summed E-state index contributed by atoms with van der Waals surface area (Å²) in [5.74, 6) is -1.23. The lowest BCUT2D eigenvalue weighted by atomic mass is 10.0. The quantitative estimate of drug-likeness (QED) is 0.139. The van der Waals surface area contributed by atoms with E-state index in [4.69, 9.17) is 11.6 Å². The van der Waals surface area contributed by atoms with Crippen LogP contribution >= 0.6 is 11.6 Å². The Bertz CT molecular complexity index is 1790. The van der Waals surface area contributed by atoms with Crippen molar-refractivity contribution in [1.29, 1.82) is 0 Å². The van der Waals surface area contributed by atoms with E-state index in [1.54, 1.807) is 55.5 Å². The Hall–Kier alpha value is -4.35. The van der Waals surface area contributed by atoms with Crippen molar-refractivity contribution in [3.05, 3.63) is 130 Å². The van der Waals surface area contributed by atoms with Gasteiger partial charge in [-0.3, -0.25) is 13.9 Å². The third kappa shape index (κ3) is 9.60. The number of anilines is 1. The van der Waals surface area contributed by atoms with Gasteiger partial charge < -0.3 is 10.2 Å². The normalized spacial score (nSPS) is 12.3. The average Bonchev–Trinajstić information content (AvgIpc) is 3.06. The maximum absolute atomic E-state index is 14.5. The first kappa shape index (κ1) is 36.5. The lowest BCUT2D eigenvalue weighted by molar-refractivity contribution is -0.140. The van der Waals surface area contributed by atoms with Crippen LogP contribution in [-0.4, -0.2) is 44.3 Å². The van der Waals surface area contributed by atoms with Gasteiger partial charge >= 0.3 is 6.18 Å². The number of hydrogen-bond donors (Lipinski definition) is 1. The van der Waals surface area contributed by atoms with Gasteiger partial charge in [-0.25, -0.2) is 8.42 Å². The van der Waals surface area contributed by atoms with Gasteiger partial charge in [0, 0.05) is 24.5 Å². The fourth-order valence-electron chi connectivity index (χ4n) is 5.05. The smallest absolute Gasteiger partial charge is 0.354 e. The van der Waals surface area contributed by atoms with Crippen LogP contribution in [0.2, 0.25) is 5.02 Å². The van der Waals surface area contributed by atoms with Crippen molar-refractivity contribution in [1.82, 2.24) is 10.2 Å². The third-order valence-corrected chi connectivity index (χ3v) is 9.76. The second kappa shape index (κ2) is 16.2. The van der Waals surface area contributed by atoms with Crippen molar-refractivity contribution >= 4 is 39.1 Å². The number of carbonyl (C=O) groups excluding carboxylic acids is 2. The van der Waals surface area contributed by atoms with Gasteiger partial charge in [-0.2, -0.15) is 13.2 Å². The Morgan fingerprint density at radius 1 is 0.875 bits per heavy atom. The van der Waals surface area contributed by atoms with E-state index in [1.165, 1.54) is 23.1 Å². The van der Waals surface area contributed by atoms with Crippen LogP contribution in [0.15, 0.2) is 108 Å². The van der Waals surface area contributed by atoms with Gasteiger partial charge in [-0.1, -0.05) is 91.2 Å². The number of benzene rings is 4. The lowest BCUT2D eigenvalue weighted by Gasteiger charge is -2.34. The number of hydrogen-bond acceptors (Lipinski definition) is 4. The summed E-state index contributed by atoms with van der Waals surface area (Å²) < 4.78 is 70.2. The van der Waals surface area contributed by atoms with Crippen molar-refractivity contribution in [3.63, 3.8) is 0 Å². The van der Waals surface area contributed by atoms with E-state index in [2.05, 4.69) is 5.32 Å². The van der Waals surface area contributed by atoms with Crippen LogP contribution < -0.4 is 9.62 Å². The predicted molar refractivity (Wildman–Crippen MR) is 181 cm³/mol. The van der Waals surface area contributed by atoms with Gasteiger partial charge in [0.1, 0.15) is 12.6 Å². The van der Waals surface area contributed by atoms with Crippen molar-refractivity contribution in [2.75, 3.05) is 17.4 Å². The first-order valence-electron chi connectivity index (χ1n) is 15.4. The summed E-state index contributed by atoms with van der Waals surface area (Å²) in [6.45, 7) is 3.12. The molecule has 4 rings (SSSR count). The zero-order chi connectivity index (χ0) is 34.9. The molecule has 4 aromatic rings. The summed E-state index contributed by atoms with van der Waals surface area (Å²) in [6.07, 6.45) is -3.14. The van der Waals surface area contributed by atoms with Crippen molar-refractivity contribution in [2.45, 2.75) is 56.8 Å². The number of unbranched alkanes of at least 4 members (excludes halogenated alkanes) is 1. The van der Waals surface area contributed by atoms with Crippen molar-refractivity contribution < 1.29 is 31.2 Å². The highest BCUT2D eigenvalue weighted by molar-refractivity contribution is 7.92. The molecular weight excluding hydrogens is 663 g/mol. The molecule has 0 saturated heterocycles. The van der Waals surface area contributed by atoms with Crippen LogP contribution in [0.5, 0.6) is 0 Å². The molecule has 0 radical (unpaired) electrons. The second-order valence-corrected chi connectivity index (χ2v) is 13.7. The molecule has 2 amide bonds. The van der Waals surface area contributed by atoms with E-state index in [0.717, 1.165) is 29.7 Å². The van der Waals surface area contributed by atoms with Crippen LogP contribution in [0.25, 0.3) is 0 Å². The number of alkyl halides is 3. The Labute approximate surface area is 284 Å². The third-order valence-electron chi connectivity index (χ3n) is 7.72. The Morgan fingerprint density at radius 2 is 1.54 bits per heavy atom. The number of amides is 2. The van der Waals surface area contributed by atoms with Crippen LogP contribution in [-0.2, 0) is 38.8 Å². The van der Waals surface area contributed by atoms with Crippen LogP contribution in [0.3, 0.4) is 0 Å². The van der Waals surface area contributed by atoms with Gasteiger partial charge in [-0.15, -0.1) is 0 Å². The second-order valence-electron chi connectivity index (χ2n) is 11.4. The molecule has 0 bridgehead atoms. The molecule has 0 saturated carbocycles. The average molecular weight is 700 g/mol. The zero-order valence-corrected chi connectivity index (χ0v) is 28.2. The molecule has 48 heavy (non-hydrogen) atoms. The molecule has 0 aliphatic heterocycles. The van der Waals surface area contributed by atoms with Crippen LogP contribution in [0.4, 0.5) is 18.9 Å². The molecule has 1 atom stereocenters. The zero-order valence-electron chi connectivity index (χ0n) is 26.6. The Kier molecular flexibility index (Phi) is 12.3. The molecule has 0 aliphatic carbocycles. The van der Waals surface area contributed by atoms with E-state index in [1.807, 2.05) is 25.1 Å². The molecule has 0 fully saturated rings. The topological polar surface area (TPSA) is 86.8 Å². The maximum atomic E-state index is 14.5. The minimum atomic E-state index is -4.77. The first-order chi connectivity index (χ1) is 22.8. The molecule has 0 spiro atoms. The highest BCUT2D eigenvalue weighted by Crippen LogP contribution is 2.33. The van der Waals surface area contributed by atoms with Crippen molar-refractivity contribution in [3.8, 4) is 0 Å². The monoisotopic (exact) mass is 699 g/mol. The largest absolute Gasteiger partial charge is 0.416 e. The molecule has 4 aromatic carbocycles. The summed E-state index contributed by atoms with van der Waals surface area (Å²) in [6, 6.07) is 24.2. The number of halogens is 4. The molecule has 1 N–H and O–H groups in total. The number of nitrogens with zero attached hydrogens (tertiary/aromatic N) is 2. The van der Waals surface area contributed by atoms with Gasteiger partial charge in [0.15, 0.2) is 0 Å². The van der Waals surface area contributed by atoms with E-state index in [-0.39, 0.29) is 23.5 Å². The summed E-state index contributed by atoms with van der Waals surface area (Å²) in [7, 11) is -4.56. The lowest BCUT2D eigenvalue weighted by Crippen LogP contribution is -2.53. The molecule has 0 heterocycles. The van der Waals surface area contributed by atoms with E-state index >= 15 is 0 Å². The molecule has 0 unspecified atom stereocenters. The van der Waals surface area contributed by atoms with Crippen molar-refractivity contribution in [2.24, 2.45) is 0 Å². The van der Waals surface area contributed by atoms with Crippen LogP contribution in [0.1, 0.15) is 42.0 Å². The molecular formula is C36H37ClF3N3O4S. The highest BCUT2D eigenvalue weighted by atomic mass is 35.5. The molecule has 7 nitrogen and oxygen atoms in total. The number of nitrogens with one attached hydrogen (secondary N) is 1. The number of carbonyl (C=O) groups is 2. The maximum Gasteiger partial charge on any atom is 0.416 e. The minimum absolute atomic E-state index is 0.101. The summed E-state index contributed by atoms with van der Waals surface area (Å²) in [5, 5.41) is 3.35. The number of rotatable bonds is 14. The van der Waals surface area contributed by atoms with Gasteiger partial charge in [0.2, 0.25) is 11.8 Å². The summed E-state index contributed by atoms with van der Waals surface area (Å²) in [5.41, 5.74) is 0.704. The standard InChI is InChI=1S/C36H37ClF3N3O4S/c1-3-4-21-41-35(45)33(22-27-9-6-5-7-10-27)42(24-28-15-17-30(37)18-16-28)34(44)25-43(31-12-8-11-29(23-31)36(38,39)40)48(46,47)32-19-13-26(2)14-20-32/h5-20,23,33H,3-4,21-22,24-25H2,1-2H3,(H,41,45)/t33-/m0/s1. The van der Waals surface area contributed by atoms with E-state index in [0.29, 0.717) is 33.9 Å². The molecule has 254 valence electrons. The molecule has 0 aromatic heterocycles. The fraction of sp³-hybridized carbons (Fsp3) is 0.278. The summed E-state index contributed by atoms with van der Waals surface area (Å²) in [4.78, 5) is 29.3. The van der Waals surface area contributed by atoms with Gasteiger partial charge in [0.05, 0.1) is 16.1 Å². The fourth-order valence-corrected chi connectivity index (χ4v) is 6.58. The highest BCUT2D eigenvalue weighted by Gasteiger charge is 2.36. The predicted octanol–water partition coefficient (Wildman–Crippen LogP) is 7.42. The SMILES string of the molecule is CCCCNC(=O)[C@H](Cc1ccccc1)N(Cc1ccc(Cl)cc1)C(=O)CN(c1cccc(C(F)(F)F)c1)S(=O)(=O)c1ccc(C)cc1. The summed E-state index contributed by atoms with van der Waals surface area (Å²) >= 11 is 6.10. The van der Waals surface area contributed by atoms with E-state index < -0.39 is 46.2 Å². The Balaban J connectivity index is 1.83. The molecule has 12 heteroatoms. The van der Waals surface area contributed by atoms with Crippen LogP contribution in [0, 0.1) is 6.92 Å². The minimum Gasteiger partial charge on any atom is -0.354 e. The Morgan fingerprint density at radius 3 is 2.17 bits per heavy atom. The number of aryl methyl sites for hydroxylation is 1. The molecule has 0 aliphatic rings. The first-order valence-corrected chi connectivity index (χ1v) is 17.2.